The zero-order valence-corrected chi connectivity index (χ0v) is 8.34. The van der Waals surface area contributed by atoms with Crippen molar-refractivity contribution in [1.29, 1.82) is 0 Å². The molecule has 0 aliphatic carbocycles. The van der Waals surface area contributed by atoms with Gasteiger partial charge in [-0.2, -0.15) is 0 Å². The van der Waals surface area contributed by atoms with Gasteiger partial charge in [0.05, 0.1) is 17.3 Å². The fourth-order valence-electron chi connectivity index (χ4n) is 1.38. The van der Waals surface area contributed by atoms with Gasteiger partial charge in [-0.15, -0.1) is 0 Å². The molecular weight excluding hydrogens is 210 g/mol. The zero-order chi connectivity index (χ0) is 11.5. The van der Waals surface area contributed by atoms with Crippen molar-refractivity contribution in [3.8, 4) is 0 Å². The number of carbonyl (C=O) groups is 1. The average molecular weight is 219 g/mol. The highest BCUT2D eigenvalue weighted by molar-refractivity contribution is 5.76. The molecule has 0 saturated heterocycles. The maximum absolute atomic E-state index is 11.5. The van der Waals surface area contributed by atoms with Crippen LogP contribution in [-0.4, -0.2) is 16.1 Å². The highest BCUT2D eigenvalue weighted by Crippen LogP contribution is 2.08. The number of carboxylic acids is 1. The third-order valence-corrected chi connectivity index (χ3v) is 2.13. The van der Waals surface area contributed by atoms with E-state index in [1.165, 1.54) is 0 Å². The van der Waals surface area contributed by atoms with E-state index in [-0.39, 0.29) is 18.7 Å². The van der Waals surface area contributed by atoms with Gasteiger partial charge in [0.25, 0.3) is 0 Å². The van der Waals surface area contributed by atoms with Crippen molar-refractivity contribution in [2.24, 2.45) is 0 Å². The van der Waals surface area contributed by atoms with Crippen LogP contribution in [0.3, 0.4) is 0 Å². The molecule has 1 N–H and O–H groups in total. The number of hydrogen-bond acceptors (Lipinski definition) is 4. The normalized spacial score (nSPS) is 10.5. The Kier molecular flexibility index (Phi) is 2.68. The number of hydrogen-bond donors (Lipinski definition) is 1. The van der Waals surface area contributed by atoms with E-state index in [0.717, 1.165) is 0 Å². The molecule has 0 fully saturated rings. The maximum atomic E-state index is 11.5. The van der Waals surface area contributed by atoms with Crippen LogP contribution in [0.15, 0.2) is 33.5 Å². The molecule has 5 nitrogen and oxygen atoms in total. The zero-order valence-electron chi connectivity index (χ0n) is 8.34. The predicted molar refractivity (Wildman–Crippen MR) is 56.2 cm³/mol. The minimum Gasteiger partial charge on any atom is -0.481 e. The lowest BCUT2D eigenvalue weighted by molar-refractivity contribution is -0.137. The monoisotopic (exact) mass is 219 g/mol. The van der Waals surface area contributed by atoms with Crippen molar-refractivity contribution in [3.05, 3.63) is 40.6 Å². The minimum absolute atomic E-state index is 0.103. The van der Waals surface area contributed by atoms with E-state index >= 15 is 0 Å². The quantitative estimate of drug-likeness (QED) is 0.839. The van der Waals surface area contributed by atoms with Gasteiger partial charge in [0.1, 0.15) is 0 Å². The summed E-state index contributed by atoms with van der Waals surface area (Å²) in [6.45, 7) is 0. The first-order chi connectivity index (χ1) is 7.66. The van der Waals surface area contributed by atoms with Crippen molar-refractivity contribution in [3.63, 3.8) is 0 Å². The smallest absolute Gasteiger partial charge is 0.346 e. The number of aromatic nitrogens is 1. The molecular formula is C11H9NO4. The van der Waals surface area contributed by atoms with E-state index < -0.39 is 11.6 Å². The molecule has 82 valence electrons. The van der Waals surface area contributed by atoms with Gasteiger partial charge in [0, 0.05) is 6.42 Å². The fraction of sp³-hybridized carbons (Fsp3) is 0.182. The van der Waals surface area contributed by atoms with Gasteiger partial charge in [-0.3, -0.25) is 4.79 Å². The average Bonchev–Trinajstić information content (AvgIpc) is 2.26. The second-order valence-corrected chi connectivity index (χ2v) is 3.31. The number of para-hydroxylation sites is 1. The SMILES string of the molecule is O=C(O)CCc1nc2ccccc2c(=O)o1. The van der Waals surface area contributed by atoms with Crippen LogP contribution in [0.5, 0.6) is 0 Å². The minimum atomic E-state index is -0.947. The third-order valence-electron chi connectivity index (χ3n) is 2.13. The van der Waals surface area contributed by atoms with E-state index in [2.05, 4.69) is 4.98 Å². The summed E-state index contributed by atoms with van der Waals surface area (Å²) in [5.74, 6) is -0.788. The van der Waals surface area contributed by atoms with Gasteiger partial charge in [-0.1, -0.05) is 12.1 Å². The van der Waals surface area contributed by atoms with Gasteiger partial charge < -0.3 is 9.52 Å². The number of aryl methyl sites for hydroxylation is 1. The van der Waals surface area contributed by atoms with Crippen molar-refractivity contribution >= 4 is 16.9 Å². The van der Waals surface area contributed by atoms with Crippen molar-refractivity contribution in [2.75, 3.05) is 0 Å². The lowest BCUT2D eigenvalue weighted by Gasteiger charge is -1.99. The summed E-state index contributed by atoms with van der Waals surface area (Å²) in [5, 5.41) is 8.91. The molecule has 0 spiro atoms. The topological polar surface area (TPSA) is 80.4 Å². The predicted octanol–water partition coefficient (Wildman–Crippen LogP) is 1.21. The van der Waals surface area contributed by atoms with Gasteiger partial charge >= 0.3 is 11.6 Å². The number of rotatable bonds is 3. The second-order valence-electron chi connectivity index (χ2n) is 3.31. The Balaban J connectivity index is 2.42. The summed E-state index contributed by atoms with van der Waals surface area (Å²) in [7, 11) is 0. The summed E-state index contributed by atoms with van der Waals surface area (Å²) in [5.41, 5.74) is 0.0464. The van der Waals surface area contributed by atoms with Crippen LogP contribution in [0, 0.1) is 0 Å². The fourth-order valence-corrected chi connectivity index (χ4v) is 1.38. The summed E-state index contributed by atoms with van der Waals surface area (Å²) in [4.78, 5) is 25.9. The van der Waals surface area contributed by atoms with Gasteiger partial charge in [-0.05, 0) is 12.1 Å². The number of carboxylic acid groups (broad SMARTS) is 1. The summed E-state index contributed by atoms with van der Waals surface area (Å²) >= 11 is 0. The van der Waals surface area contributed by atoms with Crippen molar-refractivity contribution in [1.82, 2.24) is 4.98 Å². The highest BCUT2D eigenvalue weighted by atomic mass is 16.4. The van der Waals surface area contributed by atoms with Crippen molar-refractivity contribution in [2.45, 2.75) is 12.8 Å². The molecule has 0 amide bonds. The molecule has 0 aliphatic heterocycles. The molecule has 1 aromatic heterocycles. The number of nitrogens with zero attached hydrogens (tertiary/aromatic N) is 1. The van der Waals surface area contributed by atoms with Crippen LogP contribution in [-0.2, 0) is 11.2 Å². The van der Waals surface area contributed by atoms with E-state index in [4.69, 9.17) is 9.52 Å². The van der Waals surface area contributed by atoms with E-state index in [0.29, 0.717) is 10.9 Å². The molecule has 2 rings (SSSR count). The summed E-state index contributed by atoms with van der Waals surface area (Å²) < 4.78 is 4.91. The van der Waals surface area contributed by atoms with Gasteiger partial charge in [0.15, 0.2) is 5.89 Å². The first-order valence-corrected chi connectivity index (χ1v) is 4.77. The van der Waals surface area contributed by atoms with Gasteiger partial charge in [0.2, 0.25) is 0 Å². The highest BCUT2D eigenvalue weighted by Gasteiger charge is 2.07. The molecule has 16 heavy (non-hydrogen) atoms. The molecule has 0 atom stereocenters. The van der Waals surface area contributed by atoms with Crippen molar-refractivity contribution < 1.29 is 14.3 Å². The number of fused-ring (bicyclic) bond motifs is 1. The van der Waals surface area contributed by atoms with Gasteiger partial charge in [-0.25, -0.2) is 9.78 Å². The third kappa shape index (κ3) is 2.08. The molecule has 0 unspecified atom stereocenters. The van der Waals surface area contributed by atoms with Crippen LogP contribution in [0.4, 0.5) is 0 Å². The van der Waals surface area contributed by atoms with E-state index in [9.17, 15) is 9.59 Å². The number of benzene rings is 1. The molecule has 2 aromatic rings. The molecule has 5 heteroatoms. The Morgan fingerprint density at radius 3 is 2.88 bits per heavy atom. The second kappa shape index (κ2) is 4.14. The Morgan fingerprint density at radius 1 is 1.38 bits per heavy atom. The molecule has 1 heterocycles. The summed E-state index contributed by atoms with van der Waals surface area (Å²) in [6, 6.07) is 6.79. The first-order valence-electron chi connectivity index (χ1n) is 4.77. The molecule has 0 radical (unpaired) electrons. The number of aliphatic carboxylic acids is 1. The van der Waals surface area contributed by atoms with Crippen LogP contribution < -0.4 is 5.63 Å². The lowest BCUT2D eigenvalue weighted by Crippen LogP contribution is -2.06. The molecule has 0 aliphatic rings. The lowest BCUT2D eigenvalue weighted by atomic mass is 10.2. The van der Waals surface area contributed by atoms with E-state index in [1.54, 1.807) is 24.3 Å². The van der Waals surface area contributed by atoms with Crippen LogP contribution in [0.2, 0.25) is 0 Å². The van der Waals surface area contributed by atoms with E-state index in [1.807, 2.05) is 0 Å². The molecule has 0 bridgehead atoms. The van der Waals surface area contributed by atoms with Crippen LogP contribution in [0.1, 0.15) is 12.3 Å². The maximum Gasteiger partial charge on any atom is 0.346 e. The first kappa shape index (κ1) is 10.4. The Hall–Kier alpha value is -2.17. The Labute approximate surface area is 90.3 Å². The van der Waals surface area contributed by atoms with Crippen LogP contribution in [0.25, 0.3) is 10.9 Å². The summed E-state index contributed by atoms with van der Waals surface area (Å²) in [6.07, 6.45) is 0.0175. The Bertz CT molecular complexity index is 588. The molecule has 1 aromatic carbocycles. The largest absolute Gasteiger partial charge is 0.481 e. The molecule has 0 saturated carbocycles. The Morgan fingerprint density at radius 2 is 2.12 bits per heavy atom. The van der Waals surface area contributed by atoms with Crippen LogP contribution >= 0.6 is 0 Å². The standard InChI is InChI=1S/C11H9NO4/c13-10(14)6-5-9-12-8-4-2-1-3-7(8)11(15)16-9/h1-4H,5-6H2,(H,13,14).